The number of nitrogens with one attached hydrogen (secondary N) is 1. The molecule has 5 heteroatoms. The first-order chi connectivity index (χ1) is 11.0. The van der Waals surface area contributed by atoms with Crippen molar-refractivity contribution in [3.63, 3.8) is 0 Å². The molecule has 0 saturated carbocycles. The van der Waals surface area contributed by atoms with Crippen LogP contribution >= 0.6 is 0 Å². The summed E-state index contributed by atoms with van der Waals surface area (Å²) in [6, 6.07) is 14.1. The van der Waals surface area contributed by atoms with Crippen molar-refractivity contribution in [1.29, 1.82) is 0 Å². The van der Waals surface area contributed by atoms with E-state index in [1.165, 1.54) is 0 Å². The standard InChI is InChI=1S/C18H21N3O2/c1-4-17(13-7-11-16(22)12-8-13)19-20-18(23)14-5-9-15(10-6-14)21(2)3/h5-12,22H,4H2,1-3H3,(H,20,23)/b19-17+. The maximum absolute atomic E-state index is 12.2. The van der Waals surface area contributed by atoms with Gasteiger partial charge in [0.25, 0.3) is 5.91 Å². The summed E-state index contributed by atoms with van der Waals surface area (Å²) in [4.78, 5) is 14.1. The molecule has 2 aromatic rings. The molecule has 0 aromatic heterocycles. The van der Waals surface area contributed by atoms with Crippen molar-refractivity contribution >= 4 is 17.3 Å². The molecule has 0 aliphatic rings. The highest BCUT2D eigenvalue weighted by molar-refractivity contribution is 6.02. The van der Waals surface area contributed by atoms with Crippen LogP contribution in [0.2, 0.25) is 0 Å². The second kappa shape index (κ2) is 7.45. The van der Waals surface area contributed by atoms with Crippen LogP contribution in [0.3, 0.4) is 0 Å². The summed E-state index contributed by atoms with van der Waals surface area (Å²) in [5.74, 6) is -0.0470. The van der Waals surface area contributed by atoms with Crippen LogP contribution in [0.1, 0.15) is 29.3 Å². The van der Waals surface area contributed by atoms with Crippen LogP contribution in [0, 0.1) is 0 Å². The first kappa shape index (κ1) is 16.5. The summed E-state index contributed by atoms with van der Waals surface area (Å²) in [5.41, 5.74) is 5.79. The van der Waals surface area contributed by atoms with Gasteiger partial charge in [-0.2, -0.15) is 5.10 Å². The minimum atomic E-state index is -0.250. The molecule has 0 aliphatic heterocycles. The quantitative estimate of drug-likeness (QED) is 0.659. The van der Waals surface area contributed by atoms with E-state index in [4.69, 9.17) is 0 Å². The molecule has 120 valence electrons. The van der Waals surface area contributed by atoms with E-state index in [-0.39, 0.29) is 11.7 Å². The van der Waals surface area contributed by atoms with E-state index in [1.807, 2.05) is 38.1 Å². The fourth-order valence-corrected chi connectivity index (χ4v) is 2.10. The van der Waals surface area contributed by atoms with Gasteiger partial charge < -0.3 is 10.0 Å². The van der Waals surface area contributed by atoms with Gasteiger partial charge in [0.15, 0.2) is 0 Å². The Hall–Kier alpha value is -2.82. The monoisotopic (exact) mass is 311 g/mol. The number of rotatable bonds is 5. The van der Waals surface area contributed by atoms with Gasteiger partial charge >= 0.3 is 0 Å². The molecular formula is C18H21N3O2. The zero-order chi connectivity index (χ0) is 16.8. The SMILES string of the molecule is CC/C(=N\NC(=O)c1ccc(N(C)C)cc1)c1ccc(O)cc1. The van der Waals surface area contributed by atoms with Gasteiger partial charge in [-0.05, 0) is 60.5 Å². The normalized spacial score (nSPS) is 11.2. The molecule has 5 nitrogen and oxygen atoms in total. The van der Waals surface area contributed by atoms with Crippen LogP contribution in [0.5, 0.6) is 5.75 Å². The van der Waals surface area contributed by atoms with Gasteiger partial charge in [-0.1, -0.05) is 6.92 Å². The van der Waals surface area contributed by atoms with Gasteiger partial charge in [0, 0.05) is 25.3 Å². The highest BCUT2D eigenvalue weighted by Gasteiger charge is 2.07. The predicted octanol–water partition coefficient (Wildman–Crippen LogP) is 3.00. The van der Waals surface area contributed by atoms with Crippen LogP contribution in [0.25, 0.3) is 0 Å². The molecule has 0 bridgehead atoms. The number of carbonyl (C=O) groups excluding carboxylic acids is 1. The number of nitrogens with zero attached hydrogens (tertiary/aromatic N) is 2. The topological polar surface area (TPSA) is 64.9 Å². The molecule has 0 aliphatic carbocycles. The third-order valence-electron chi connectivity index (χ3n) is 3.47. The number of hydrazone groups is 1. The summed E-state index contributed by atoms with van der Waals surface area (Å²) >= 11 is 0. The molecule has 0 atom stereocenters. The third kappa shape index (κ3) is 4.32. The smallest absolute Gasteiger partial charge is 0.271 e. The molecule has 0 spiro atoms. The Labute approximate surface area is 136 Å². The van der Waals surface area contributed by atoms with E-state index >= 15 is 0 Å². The Bertz CT molecular complexity index is 689. The highest BCUT2D eigenvalue weighted by Crippen LogP contribution is 2.13. The lowest BCUT2D eigenvalue weighted by atomic mass is 10.1. The van der Waals surface area contributed by atoms with Crippen molar-refractivity contribution in [3.8, 4) is 5.75 Å². The fraction of sp³-hybridized carbons (Fsp3) is 0.222. The Morgan fingerprint density at radius 2 is 1.61 bits per heavy atom. The lowest BCUT2D eigenvalue weighted by Gasteiger charge is -2.12. The number of anilines is 1. The predicted molar refractivity (Wildman–Crippen MR) is 93.2 cm³/mol. The van der Waals surface area contributed by atoms with Crippen LogP contribution in [0.4, 0.5) is 5.69 Å². The summed E-state index contributed by atoms with van der Waals surface area (Å²) in [7, 11) is 3.90. The number of benzene rings is 2. The van der Waals surface area contributed by atoms with E-state index in [9.17, 15) is 9.90 Å². The second-order valence-electron chi connectivity index (χ2n) is 5.34. The molecule has 0 radical (unpaired) electrons. The van der Waals surface area contributed by atoms with E-state index < -0.39 is 0 Å². The first-order valence-electron chi connectivity index (χ1n) is 7.45. The average Bonchev–Trinajstić information content (AvgIpc) is 2.56. The molecule has 2 N–H and O–H groups in total. The summed E-state index contributed by atoms with van der Waals surface area (Å²) < 4.78 is 0. The lowest BCUT2D eigenvalue weighted by Crippen LogP contribution is -2.20. The number of hydrogen-bond donors (Lipinski definition) is 2. The maximum Gasteiger partial charge on any atom is 0.271 e. The number of hydrogen-bond acceptors (Lipinski definition) is 4. The van der Waals surface area contributed by atoms with Crippen LogP contribution in [0.15, 0.2) is 53.6 Å². The molecule has 23 heavy (non-hydrogen) atoms. The number of amides is 1. The van der Waals surface area contributed by atoms with Crippen molar-refractivity contribution in [3.05, 3.63) is 59.7 Å². The van der Waals surface area contributed by atoms with Gasteiger partial charge in [0.1, 0.15) is 5.75 Å². The molecule has 0 heterocycles. The van der Waals surface area contributed by atoms with Crippen molar-refractivity contribution in [1.82, 2.24) is 5.43 Å². The maximum atomic E-state index is 12.2. The molecule has 0 unspecified atom stereocenters. The number of phenolic OH excluding ortho intramolecular Hbond substituents is 1. The van der Waals surface area contributed by atoms with Gasteiger partial charge in [0.2, 0.25) is 0 Å². The van der Waals surface area contributed by atoms with Crippen molar-refractivity contribution < 1.29 is 9.90 Å². The minimum absolute atomic E-state index is 0.203. The van der Waals surface area contributed by atoms with E-state index in [2.05, 4.69) is 10.5 Å². The van der Waals surface area contributed by atoms with Gasteiger partial charge in [-0.25, -0.2) is 5.43 Å². The number of aromatic hydroxyl groups is 1. The van der Waals surface area contributed by atoms with Gasteiger partial charge in [-0.3, -0.25) is 4.79 Å². The Balaban J connectivity index is 2.10. The second-order valence-corrected chi connectivity index (χ2v) is 5.34. The summed E-state index contributed by atoms with van der Waals surface area (Å²) in [6.45, 7) is 1.96. The average molecular weight is 311 g/mol. The fourth-order valence-electron chi connectivity index (χ4n) is 2.10. The Morgan fingerprint density at radius 3 is 2.13 bits per heavy atom. The van der Waals surface area contributed by atoms with Crippen LogP contribution < -0.4 is 10.3 Å². The van der Waals surface area contributed by atoms with Crippen molar-refractivity contribution in [2.24, 2.45) is 5.10 Å². The molecule has 2 rings (SSSR count). The van der Waals surface area contributed by atoms with Crippen molar-refractivity contribution in [2.75, 3.05) is 19.0 Å². The van der Waals surface area contributed by atoms with Gasteiger partial charge in [0.05, 0.1) is 5.71 Å². The highest BCUT2D eigenvalue weighted by atomic mass is 16.3. The van der Waals surface area contributed by atoms with E-state index in [1.54, 1.807) is 36.4 Å². The third-order valence-corrected chi connectivity index (χ3v) is 3.47. The number of carbonyl (C=O) groups is 1. The van der Waals surface area contributed by atoms with Crippen molar-refractivity contribution in [2.45, 2.75) is 13.3 Å². The molecular weight excluding hydrogens is 290 g/mol. The zero-order valence-electron chi connectivity index (χ0n) is 13.6. The Kier molecular flexibility index (Phi) is 5.36. The van der Waals surface area contributed by atoms with Gasteiger partial charge in [-0.15, -0.1) is 0 Å². The molecule has 0 saturated heterocycles. The summed E-state index contributed by atoms with van der Waals surface area (Å²) in [5, 5.41) is 13.5. The molecule has 1 amide bonds. The molecule has 2 aromatic carbocycles. The Morgan fingerprint density at radius 1 is 1.04 bits per heavy atom. The zero-order valence-corrected chi connectivity index (χ0v) is 13.6. The van der Waals surface area contributed by atoms with Crippen LogP contribution in [-0.2, 0) is 0 Å². The number of phenols is 1. The minimum Gasteiger partial charge on any atom is -0.508 e. The first-order valence-corrected chi connectivity index (χ1v) is 7.45. The van der Waals surface area contributed by atoms with Crippen LogP contribution in [-0.4, -0.2) is 30.8 Å². The lowest BCUT2D eigenvalue weighted by molar-refractivity contribution is 0.0955. The van der Waals surface area contributed by atoms with E-state index in [0.717, 1.165) is 17.0 Å². The summed E-state index contributed by atoms with van der Waals surface area (Å²) in [6.07, 6.45) is 0.671. The largest absolute Gasteiger partial charge is 0.508 e. The van der Waals surface area contributed by atoms with E-state index in [0.29, 0.717) is 12.0 Å². The molecule has 0 fully saturated rings.